The van der Waals surface area contributed by atoms with Crippen molar-refractivity contribution < 1.29 is 0 Å². The van der Waals surface area contributed by atoms with Crippen LogP contribution in [0.5, 0.6) is 0 Å². The number of nitrogens with zero attached hydrogens (tertiary/aromatic N) is 4. The first-order valence-corrected chi connectivity index (χ1v) is 14.6. The normalized spacial score (nSPS) is 13.4. The highest BCUT2D eigenvalue weighted by Crippen LogP contribution is 2.53. The summed E-state index contributed by atoms with van der Waals surface area (Å²) in [6.07, 6.45) is 0. The molecule has 2 heterocycles. The Balaban J connectivity index is 1.47. The summed E-state index contributed by atoms with van der Waals surface area (Å²) in [4.78, 5) is 9.81. The van der Waals surface area contributed by atoms with Crippen LogP contribution in [0.3, 0.4) is 0 Å². The van der Waals surface area contributed by atoms with Crippen LogP contribution in [-0.4, -0.2) is 16.6 Å². The van der Waals surface area contributed by atoms with Gasteiger partial charge in [-0.25, -0.2) is 4.98 Å². The molecule has 8 rings (SSSR count). The summed E-state index contributed by atoms with van der Waals surface area (Å²) < 4.78 is 2.43. The maximum absolute atomic E-state index is 5.25. The zero-order valence-corrected chi connectivity index (χ0v) is 23.9. The second-order valence-corrected chi connectivity index (χ2v) is 10.9. The van der Waals surface area contributed by atoms with E-state index in [4.69, 9.17) is 4.98 Å². The van der Waals surface area contributed by atoms with Gasteiger partial charge in [-0.2, -0.15) is 0 Å². The Hall–Kier alpha value is -5.61. The summed E-state index contributed by atoms with van der Waals surface area (Å²) in [6.45, 7) is 0. The minimum atomic E-state index is -0.640. The summed E-state index contributed by atoms with van der Waals surface area (Å²) in [5.41, 5.74) is 9.43. The van der Waals surface area contributed by atoms with Crippen molar-refractivity contribution in [3.05, 3.63) is 180 Å². The van der Waals surface area contributed by atoms with E-state index in [2.05, 4.69) is 185 Å². The highest BCUT2D eigenvalue weighted by Gasteiger charge is 2.47. The van der Waals surface area contributed by atoms with Gasteiger partial charge in [0.15, 0.2) is 0 Å². The van der Waals surface area contributed by atoms with Gasteiger partial charge in [0, 0.05) is 29.7 Å². The SMILES string of the molecule is CN1c2cc(N(c3ccccc3)c3ccccc3)ccc2C(c2ccccc2)(c2ccccc2)n2c1nc1ccccc12. The summed E-state index contributed by atoms with van der Waals surface area (Å²) >= 11 is 0. The molecule has 0 saturated carbocycles. The number of fused-ring (bicyclic) bond motifs is 4. The highest BCUT2D eigenvalue weighted by atomic mass is 15.4. The molecule has 0 saturated heterocycles. The lowest BCUT2D eigenvalue weighted by Crippen LogP contribution is -2.43. The van der Waals surface area contributed by atoms with Crippen LogP contribution in [0.15, 0.2) is 164 Å². The van der Waals surface area contributed by atoms with E-state index in [-0.39, 0.29) is 0 Å². The van der Waals surface area contributed by atoms with Gasteiger partial charge in [0.2, 0.25) is 5.95 Å². The van der Waals surface area contributed by atoms with Gasteiger partial charge >= 0.3 is 0 Å². The Kier molecular flexibility index (Phi) is 5.86. The lowest BCUT2D eigenvalue weighted by atomic mass is 9.74. The van der Waals surface area contributed by atoms with Crippen LogP contribution in [0, 0.1) is 0 Å². The van der Waals surface area contributed by atoms with Gasteiger partial charge in [-0.15, -0.1) is 0 Å². The molecule has 0 unspecified atom stereocenters. The van der Waals surface area contributed by atoms with Gasteiger partial charge in [0.1, 0.15) is 5.54 Å². The van der Waals surface area contributed by atoms with Crippen molar-refractivity contribution in [1.82, 2.24) is 9.55 Å². The molecule has 1 aliphatic heterocycles. The van der Waals surface area contributed by atoms with E-state index in [9.17, 15) is 0 Å². The molecule has 43 heavy (non-hydrogen) atoms. The van der Waals surface area contributed by atoms with Gasteiger partial charge in [0.05, 0.1) is 16.7 Å². The molecule has 0 amide bonds. The Morgan fingerprint density at radius 3 is 1.63 bits per heavy atom. The zero-order chi connectivity index (χ0) is 28.8. The van der Waals surface area contributed by atoms with Crippen LogP contribution < -0.4 is 9.80 Å². The summed E-state index contributed by atoms with van der Waals surface area (Å²) in [5, 5.41) is 0. The van der Waals surface area contributed by atoms with E-state index in [0.29, 0.717) is 0 Å². The molecule has 0 fully saturated rings. The van der Waals surface area contributed by atoms with E-state index in [0.717, 1.165) is 39.7 Å². The molecule has 0 atom stereocenters. The fourth-order valence-corrected chi connectivity index (χ4v) is 6.74. The van der Waals surface area contributed by atoms with Crippen molar-refractivity contribution in [1.29, 1.82) is 0 Å². The molecule has 4 heteroatoms. The lowest BCUT2D eigenvalue weighted by Gasteiger charge is -2.45. The molecule has 0 spiro atoms. The molecule has 0 aliphatic carbocycles. The van der Waals surface area contributed by atoms with Crippen LogP contribution in [0.4, 0.5) is 28.7 Å². The van der Waals surface area contributed by atoms with Crippen molar-refractivity contribution >= 4 is 39.7 Å². The molecule has 1 aliphatic rings. The number of aromatic nitrogens is 2. The minimum absolute atomic E-state index is 0.640. The maximum atomic E-state index is 5.25. The fourth-order valence-electron chi connectivity index (χ4n) is 6.74. The third-order valence-electron chi connectivity index (χ3n) is 8.58. The third-order valence-corrected chi connectivity index (χ3v) is 8.58. The zero-order valence-electron chi connectivity index (χ0n) is 23.9. The topological polar surface area (TPSA) is 24.3 Å². The highest BCUT2D eigenvalue weighted by molar-refractivity contribution is 5.88. The Bertz CT molecular complexity index is 1960. The van der Waals surface area contributed by atoms with E-state index >= 15 is 0 Å². The number of rotatable bonds is 5. The number of imidazole rings is 1. The largest absolute Gasteiger partial charge is 0.315 e. The number of anilines is 5. The predicted octanol–water partition coefficient (Wildman–Crippen LogP) is 9.43. The van der Waals surface area contributed by atoms with Crippen LogP contribution in [0.2, 0.25) is 0 Å². The van der Waals surface area contributed by atoms with Crippen LogP contribution >= 0.6 is 0 Å². The van der Waals surface area contributed by atoms with E-state index in [1.807, 2.05) is 0 Å². The Labute approximate surface area is 251 Å². The average Bonchev–Trinajstić information content (AvgIpc) is 3.48. The number of hydrogen-bond donors (Lipinski definition) is 0. The Morgan fingerprint density at radius 2 is 1.05 bits per heavy atom. The van der Waals surface area contributed by atoms with Crippen LogP contribution in [-0.2, 0) is 5.54 Å². The van der Waals surface area contributed by atoms with E-state index < -0.39 is 5.54 Å². The van der Waals surface area contributed by atoms with Crippen molar-refractivity contribution in [3.63, 3.8) is 0 Å². The molecule has 4 nitrogen and oxygen atoms in total. The van der Waals surface area contributed by atoms with Crippen LogP contribution in [0.25, 0.3) is 11.0 Å². The van der Waals surface area contributed by atoms with Gasteiger partial charge in [-0.1, -0.05) is 115 Å². The first-order chi connectivity index (χ1) is 21.3. The molecular weight excluding hydrogens is 524 g/mol. The maximum Gasteiger partial charge on any atom is 0.212 e. The Morgan fingerprint density at radius 1 is 0.535 bits per heavy atom. The number of para-hydroxylation sites is 4. The number of hydrogen-bond acceptors (Lipinski definition) is 3. The van der Waals surface area contributed by atoms with Gasteiger partial charge < -0.3 is 9.80 Å². The second-order valence-electron chi connectivity index (χ2n) is 10.9. The molecule has 6 aromatic carbocycles. The molecule has 7 aromatic rings. The third kappa shape index (κ3) is 3.80. The molecular formula is C39H30N4. The van der Waals surface area contributed by atoms with E-state index in [1.54, 1.807) is 0 Å². The smallest absolute Gasteiger partial charge is 0.212 e. The van der Waals surface area contributed by atoms with Crippen molar-refractivity contribution in [3.8, 4) is 0 Å². The average molecular weight is 555 g/mol. The number of benzene rings is 6. The monoisotopic (exact) mass is 554 g/mol. The van der Waals surface area contributed by atoms with Crippen LogP contribution in [0.1, 0.15) is 16.7 Å². The fraction of sp³-hybridized carbons (Fsp3) is 0.0513. The van der Waals surface area contributed by atoms with Crippen molar-refractivity contribution in [2.45, 2.75) is 5.54 Å². The summed E-state index contributed by atoms with van der Waals surface area (Å²) in [5.74, 6) is 0.907. The first kappa shape index (κ1) is 25.1. The lowest BCUT2D eigenvalue weighted by molar-refractivity contribution is 0.518. The molecule has 206 valence electrons. The summed E-state index contributed by atoms with van der Waals surface area (Å²) in [6, 6.07) is 58.2. The van der Waals surface area contributed by atoms with Gasteiger partial charge in [-0.05, 0) is 59.7 Å². The second kappa shape index (κ2) is 10.0. The van der Waals surface area contributed by atoms with Crippen molar-refractivity contribution in [2.75, 3.05) is 16.8 Å². The van der Waals surface area contributed by atoms with Gasteiger partial charge in [0.25, 0.3) is 0 Å². The molecule has 0 bridgehead atoms. The van der Waals surface area contributed by atoms with Gasteiger partial charge in [-0.3, -0.25) is 4.57 Å². The summed E-state index contributed by atoms with van der Waals surface area (Å²) in [7, 11) is 2.13. The quantitative estimate of drug-likeness (QED) is 0.212. The van der Waals surface area contributed by atoms with E-state index in [1.165, 1.54) is 16.7 Å². The molecule has 0 radical (unpaired) electrons. The predicted molar refractivity (Wildman–Crippen MR) is 177 cm³/mol. The molecule has 0 N–H and O–H groups in total. The van der Waals surface area contributed by atoms with Crippen molar-refractivity contribution in [2.24, 2.45) is 0 Å². The molecule has 1 aromatic heterocycles. The standard InChI is InChI=1S/C39H30N4/c1-41-37-28-33(42(31-20-10-4-11-21-31)32-22-12-5-13-23-32)26-27-34(37)39(29-16-6-2-7-17-29,30-18-8-3-9-19-30)43-36-25-15-14-24-35(36)40-38(41)43/h2-28H,1H3. The minimum Gasteiger partial charge on any atom is -0.315 e. The first-order valence-electron chi connectivity index (χ1n) is 14.6.